The monoisotopic (exact) mass is 323 g/mol. The van der Waals surface area contributed by atoms with Gasteiger partial charge >= 0.3 is 0 Å². The van der Waals surface area contributed by atoms with Crippen LogP contribution in [0.5, 0.6) is 0 Å². The first-order valence-electron chi connectivity index (χ1n) is 8.42. The van der Waals surface area contributed by atoms with Gasteiger partial charge in [-0.15, -0.1) is 0 Å². The van der Waals surface area contributed by atoms with E-state index in [2.05, 4.69) is 51.5 Å². The number of anilines is 1. The standard InChI is InChI=1S/C18H21N5O/c1-2-23-12-21-16-17(19-11-20-18(16)23)22-15(14-8-9-24-10-14)13-6-4-3-5-7-13/h3-7,11-12,14-15H,2,8-10H2,1H3,(H,19,20,22)/t14-,15-/m1/s1. The minimum atomic E-state index is 0.151. The van der Waals surface area contributed by atoms with Gasteiger partial charge in [-0.25, -0.2) is 15.0 Å². The van der Waals surface area contributed by atoms with Crippen molar-refractivity contribution in [1.29, 1.82) is 0 Å². The number of aromatic nitrogens is 4. The van der Waals surface area contributed by atoms with Crippen LogP contribution in [0.2, 0.25) is 0 Å². The molecule has 0 aliphatic carbocycles. The summed E-state index contributed by atoms with van der Waals surface area (Å²) in [6, 6.07) is 10.6. The van der Waals surface area contributed by atoms with E-state index in [4.69, 9.17) is 4.74 Å². The Kier molecular flexibility index (Phi) is 4.13. The van der Waals surface area contributed by atoms with Crippen molar-refractivity contribution in [2.45, 2.75) is 25.9 Å². The number of rotatable bonds is 5. The minimum Gasteiger partial charge on any atom is -0.381 e. The molecule has 0 amide bonds. The number of hydrogen-bond donors (Lipinski definition) is 1. The van der Waals surface area contributed by atoms with Crippen molar-refractivity contribution >= 4 is 17.0 Å². The predicted octanol–water partition coefficient (Wildman–Crippen LogP) is 3.04. The molecule has 0 radical (unpaired) electrons. The van der Waals surface area contributed by atoms with Crippen LogP contribution in [0.1, 0.15) is 24.9 Å². The molecule has 0 spiro atoms. The van der Waals surface area contributed by atoms with E-state index >= 15 is 0 Å². The molecule has 1 aliphatic rings. The van der Waals surface area contributed by atoms with Crippen molar-refractivity contribution in [3.63, 3.8) is 0 Å². The molecule has 24 heavy (non-hydrogen) atoms. The van der Waals surface area contributed by atoms with E-state index in [0.717, 1.165) is 43.2 Å². The molecule has 1 aromatic carbocycles. The number of imidazole rings is 1. The average Bonchev–Trinajstić information content (AvgIpc) is 3.30. The number of fused-ring (bicyclic) bond motifs is 1. The van der Waals surface area contributed by atoms with Gasteiger partial charge in [-0.3, -0.25) is 0 Å². The van der Waals surface area contributed by atoms with E-state index in [9.17, 15) is 0 Å². The zero-order valence-corrected chi connectivity index (χ0v) is 13.7. The highest BCUT2D eigenvalue weighted by Crippen LogP contribution is 2.32. The third-order valence-electron chi connectivity index (χ3n) is 4.63. The Labute approximate surface area is 140 Å². The molecule has 2 aromatic heterocycles. The molecule has 1 fully saturated rings. The number of hydrogen-bond acceptors (Lipinski definition) is 5. The summed E-state index contributed by atoms with van der Waals surface area (Å²) in [5.41, 5.74) is 2.93. The van der Waals surface area contributed by atoms with Crippen LogP contribution in [0.25, 0.3) is 11.2 Å². The highest BCUT2D eigenvalue weighted by molar-refractivity contribution is 5.82. The van der Waals surface area contributed by atoms with Crippen LogP contribution >= 0.6 is 0 Å². The molecule has 1 saturated heterocycles. The second kappa shape index (κ2) is 6.57. The minimum absolute atomic E-state index is 0.151. The Balaban J connectivity index is 1.71. The van der Waals surface area contributed by atoms with Crippen molar-refractivity contribution in [3.8, 4) is 0 Å². The summed E-state index contributed by atoms with van der Waals surface area (Å²) in [5, 5.41) is 3.61. The summed E-state index contributed by atoms with van der Waals surface area (Å²) in [6.45, 7) is 4.51. The van der Waals surface area contributed by atoms with E-state index in [1.54, 1.807) is 6.33 Å². The van der Waals surface area contributed by atoms with Crippen molar-refractivity contribution in [2.75, 3.05) is 18.5 Å². The molecule has 0 bridgehead atoms. The van der Waals surface area contributed by atoms with Crippen LogP contribution in [0, 0.1) is 5.92 Å². The molecule has 3 heterocycles. The lowest BCUT2D eigenvalue weighted by Gasteiger charge is -2.24. The Morgan fingerprint density at radius 1 is 1.25 bits per heavy atom. The van der Waals surface area contributed by atoms with Crippen molar-refractivity contribution in [1.82, 2.24) is 19.5 Å². The highest BCUT2D eigenvalue weighted by atomic mass is 16.5. The van der Waals surface area contributed by atoms with Gasteiger partial charge in [-0.1, -0.05) is 30.3 Å². The van der Waals surface area contributed by atoms with E-state index < -0.39 is 0 Å². The number of aryl methyl sites for hydroxylation is 1. The Morgan fingerprint density at radius 2 is 2.12 bits per heavy atom. The predicted molar refractivity (Wildman–Crippen MR) is 92.7 cm³/mol. The summed E-state index contributed by atoms with van der Waals surface area (Å²) in [5.74, 6) is 1.21. The van der Waals surface area contributed by atoms with Gasteiger partial charge in [0.05, 0.1) is 19.0 Å². The lowest BCUT2D eigenvalue weighted by molar-refractivity contribution is 0.182. The molecule has 2 atom stereocenters. The second-order valence-corrected chi connectivity index (χ2v) is 6.08. The Morgan fingerprint density at radius 3 is 2.88 bits per heavy atom. The summed E-state index contributed by atoms with van der Waals surface area (Å²) < 4.78 is 7.64. The molecular formula is C18H21N5O. The molecular weight excluding hydrogens is 302 g/mol. The fraction of sp³-hybridized carbons (Fsp3) is 0.389. The van der Waals surface area contributed by atoms with Crippen molar-refractivity contribution in [3.05, 3.63) is 48.5 Å². The van der Waals surface area contributed by atoms with E-state index in [0.29, 0.717) is 5.92 Å². The highest BCUT2D eigenvalue weighted by Gasteiger charge is 2.28. The molecule has 1 aliphatic heterocycles. The molecule has 124 valence electrons. The normalized spacial score (nSPS) is 18.8. The first-order valence-corrected chi connectivity index (χ1v) is 8.42. The van der Waals surface area contributed by atoms with Gasteiger partial charge in [-0.05, 0) is 18.9 Å². The first kappa shape index (κ1) is 15.1. The van der Waals surface area contributed by atoms with Crippen LogP contribution in [0.3, 0.4) is 0 Å². The molecule has 3 aromatic rings. The Hall–Kier alpha value is -2.47. The average molecular weight is 323 g/mol. The largest absolute Gasteiger partial charge is 0.381 e. The molecule has 0 saturated carbocycles. The third kappa shape index (κ3) is 2.73. The zero-order valence-electron chi connectivity index (χ0n) is 13.7. The van der Waals surface area contributed by atoms with Gasteiger partial charge in [0, 0.05) is 19.1 Å². The molecule has 6 nitrogen and oxygen atoms in total. The maximum Gasteiger partial charge on any atom is 0.165 e. The number of nitrogens with zero attached hydrogens (tertiary/aromatic N) is 4. The quantitative estimate of drug-likeness (QED) is 0.782. The maximum atomic E-state index is 5.61. The first-order chi connectivity index (χ1) is 11.9. The van der Waals surface area contributed by atoms with Gasteiger partial charge in [-0.2, -0.15) is 0 Å². The molecule has 1 N–H and O–H groups in total. The molecule has 4 rings (SSSR count). The van der Waals surface area contributed by atoms with Crippen LogP contribution in [0.15, 0.2) is 43.0 Å². The number of benzene rings is 1. The lowest BCUT2D eigenvalue weighted by Crippen LogP contribution is -2.22. The summed E-state index contributed by atoms with van der Waals surface area (Å²) in [7, 11) is 0. The van der Waals surface area contributed by atoms with E-state index in [-0.39, 0.29) is 6.04 Å². The van der Waals surface area contributed by atoms with Crippen LogP contribution in [0.4, 0.5) is 5.82 Å². The van der Waals surface area contributed by atoms with Crippen molar-refractivity contribution < 1.29 is 4.74 Å². The second-order valence-electron chi connectivity index (χ2n) is 6.08. The SMILES string of the molecule is CCn1cnc2c(N[C@H](c3ccccc3)[C@@H]3CCOC3)ncnc21. The molecule has 0 unspecified atom stereocenters. The maximum absolute atomic E-state index is 5.61. The van der Waals surface area contributed by atoms with E-state index in [1.165, 1.54) is 5.56 Å². The Bertz CT molecular complexity index is 811. The zero-order chi connectivity index (χ0) is 16.4. The smallest absolute Gasteiger partial charge is 0.165 e. The summed E-state index contributed by atoms with van der Waals surface area (Å²) in [6.07, 6.45) is 4.47. The topological polar surface area (TPSA) is 64.9 Å². The van der Waals surface area contributed by atoms with E-state index in [1.807, 2.05) is 17.0 Å². The molecule has 6 heteroatoms. The summed E-state index contributed by atoms with van der Waals surface area (Å²) in [4.78, 5) is 13.3. The van der Waals surface area contributed by atoms with Gasteiger partial charge in [0.15, 0.2) is 11.5 Å². The fourth-order valence-corrected chi connectivity index (χ4v) is 3.31. The number of ether oxygens (including phenoxy) is 1. The lowest BCUT2D eigenvalue weighted by atomic mass is 9.92. The fourth-order valence-electron chi connectivity index (χ4n) is 3.31. The van der Waals surface area contributed by atoms with Crippen LogP contribution in [-0.2, 0) is 11.3 Å². The third-order valence-corrected chi connectivity index (χ3v) is 4.63. The summed E-state index contributed by atoms with van der Waals surface area (Å²) >= 11 is 0. The van der Waals surface area contributed by atoms with Crippen LogP contribution in [-0.4, -0.2) is 32.7 Å². The van der Waals surface area contributed by atoms with Crippen molar-refractivity contribution in [2.24, 2.45) is 5.92 Å². The van der Waals surface area contributed by atoms with Gasteiger partial charge in [0.2, 0.25) is 0 Å². The van der Waals surface area contributed by atoms with Crippen LogP contribution < -0.4 is 5.32 Å². The van der Waals surface area contributed by atoms with Gasteiger partial charge in [0.25, 0.3) is 0 Å². The van der Waals surface area contributed by atoms with Gasteiger partial charge in [0.1, 0.15) is 11.8 Å². The number of nitrogens with one attached hydrogen (secondary N) is 1. The van der Waals surface area contributed by atoms with Gasteiger partial charge < -0.3 is 14.6 Å².